The van der Waals surface area contributed by atoms with Gasteiger partial charge in [-0.15, -0.1) is 0 Å². The first-order valence-electron chi connectivity index (χ1n) is 10.2. The van der Waals surface area contributed by atoms with Gasteiger partial charge >= 0.3 is 0 Å². The van der Waals surface area contributed by atoms with Gasteiger partial charge < -0.3 is 10.6 Å². The third-order valence-corrected chi connectivity index (χ3v) is 5.74. The zero-order valence-electron chi connectivity index (χ0n) is 17.6. The highest BCUT2D eigenvalue weighted by molar-refractivity contribution is 6.53. The zero-order chi connectivity index (χ0) is 23.5. The van der Waals surface area contributed by atoms with Crippen LogP contribution >= 0.6 is 23.2 Å². The number of benzene rings is 3. The van der Waals surface area contributed by atoms with Crippen LogP contribution in [0.4, 0.5) is 17.1 Å². The molecule has 0 aliphatic carbocycles. The quantitative estimate of drug-likeness (QED) is 0.451. The van der Waals surface area contributed by atoms with E-state index in [1.807, 2.05) is 31.2 Å². The number of nitrogens with zero attached hydrogens (tertiary/aromatic N) is 1. The molecular formula is C25H19Cl2N3O3. The number of imide groups is 1. The van der Waals surface area contributed by atoms with E-state index >= 15 is 0 Å². The van der Waals surface area contributed by atoms with Gasteiger partial charge in [0.1, 0.15) is 10.7 Å². The molecule has 166 valence electrons. The lowest BCUT2D eigenvalue weighted by Crippen LogP contribution is -2.32. The van der Waals surface area contributed by atoms with Crippen LogP contribution in [0.3, 0.4) is 0 Å². The van der Waals surface area contributed by atoms with E-state index in [1.165, 1.54) is 6.07 Å². The molecular weight excluding hydrogens is 461 g/mol. The van der Waals surface area contributed by atoms with Crippen molar-refractivity contribution in [1.82, 2.24) is 0 Å². The molecule has 8 heteroatoms. The molecule has 0 saturated heterocycles. The van der Waals surface area contributed by atoms with Crippen molar-refractivity contribution in [2.45, 2.75) is 13.3 Å². The van der Waals surface area contributed by atoms with Crippen molar-refractivity contribution < 1.29 is 14.4 Å². The second-order valence-electron chi connectivity index (χ2n) is 7.28. The van der Waals surface area contributed by atoms with Crippen LogP contribution in [0.1, 0.15) is 22.8 Å². The molecule has 1 aliphatic rings. The van der Waals surface area contributed by atoms with Crippen molar-refractivity contribution in [3.8, 4) is 0 Å². The van der Waals surface area contributed by atoms with E-state index in [2.05, 4.69) is 10.6 Å². The van der Waals surface area contributed by atoms with Crippen LogP contribution in [0.25, 0.3) is 0 Å². The van der Waals surface area contributed by atoms with Gasteiger partial charge in [-0.2, -0.15) is 0 Å². The minimum atomic E-state index is -0.642. The Morgan fingerprint density at radius 1 is 0.909 bits per heavy atom. The molecule has 3 aromatic carbocycles. The average Bonchev–Trinajstić information content (AvgIpc) is 3.03. The second-order valence-corrected chi connectivity index (χ2v) is 8.10. The van der Waals surface area contributed by atoms with Crippen LogP contribution < -0.4 is 15.5 Å². The van der Waals surface area contributed by atoms with Crippen molar-refractivity contribution in [2.24, 2.45) is 0 Å². The zero-order valence-corrected chi connectivity index (χ0v) is 19.1. The number of halogens is 2. The fourth-order valence-electron chi connectivity index (χ4n) is 3.46. The van der Waals surface area contributed by atoms with Crippen molar-refractivity contribution in [2.75, 3.05) is 15.5 Å². The Morgan fingerprint density at radius 3 is 2.33 bits per heavy atom. The molecule has 4 rings (SSSR count). The van der Waals surface area contributed by atoms with Gasteiger partial charge in [0.15, 0.2) is 0 Å². The molecule has 0 radical (unpaired) electrons. The summed E-state index contributed by atoms with van der Waals surface area (Å²) in [6.45, 7) is 2.02. The minimum Gasteiger partial charge on any atom is -0.350 e. The Kier molecular flexibility index (Phi) is 6.49. The SMILES string of the molecule is CCc1ccccc1NC(=O)c1ccc(NC2=C(Cl)C(=O)N(c3cccc(Cl)c3)C2=O)cc1. The molecule has 0 bridgehead atoms. The molecule has 0 fully saturated rings. The Morgan fingerprint density at radius 2 is 1.64 bits per heavy atom. The fraction of sp³-hybridized carbons (Fsp3) is 0.0800. The molecule has 6 nitrogen and oxygen atoms in total. The summed E-state index contributed by atoms with van der Waals surface area (Å²) in [5.74, 6) is -1.48. The average molecular weight is 480 g/mol. The van der Waals surface area contributed by atoms with Gasteiger partial charge in [0.25, 0.3) is 17.7 Å². The predicted molar refractivity (Wildman–Crippen MR) is 131 cm³/mol. The normalized spacial score (nSPS) is 13.5. The maximum Gasteiger partial charge on any atom is 0.283 e. The summed E-state index contributed by atoms with van der Waals surface area (Å²) in [6.07, 6.45) is 0.800. The van der Waals surface area contributed by atoms with Gasteiger partial charge in [-0.25, -0.2) is 4.90 Å². The predicted octanol–water partition coefficient (Wildman–Crippen LogP) is 5.59. The van der Waals surface area contributed by atoms with E-state index in [0.29, 0.717) is 22.0 Å². The number of carbonyl (C=O) groups excluding carboxylic acids is 3. The Labute approximate surface area is 200 Å². The maximum atomic E-state index is 12.9. The highest BCUT2D eigenvalue weighted by Crippen LogP contribution is 2.31. The number of hydrogen-bond acceptors (Lipinski definition) is 4. The van der Waals surface area contributed by atoms with E-state index in [9.17, 15) is 14.4 Å². The molecule has 0 aromatic heterocycles. The van der Waals surface area contributed by atoms with Crippen LogP contribution in [0, 0.1) is 0 Å². The second kappa shape index (κ2) is 9.48. The highest BCUT2D eigenvalue weighted by atomic mass is 35.5. The monoisotopic (exact) mass is 479 g/mol. The molecule has 3 aromatic rings. The molecule has 0 unspecified atom stereocenters. The third-order valence-electron chi connectivity index (χ3n) is 5.16. The Bertz CT molecular complexity index is 1290. The summed E-state index contributed by atoms with van der Waals surface area (Å²) < 4.78 is 0. The molecule has 33 heavy (non-hydrogen) atoms. The molecule has 0 atom stereocenters. The van der Waals surface area contributed by atoms with Crippen LogP contribution in [0.2, 0.25) is 5.02 Å². The van der Waals surface area contributed by atoms with Gasteiger partial charge in [-0.05, 0) is 60.5 Å². The van der Waals surface area contributed by atoms with Crippen molar-refractivity contribution >= 4 is 58.0 Å². The number of carbonyl (C=O) groups is 3. The van der Waals surface area contributed by atoms with Crippen LogP contribution in [0.15, 0.2) is 83.5 Å². The van der Waals surface area contributed by atoms with Gasteiger partial charge in [-0.1, -0.05) is 54.4 Å². The third kappa shape index (κ3) is 4.62. The smallest absolute Gasteiger partial charge is 0.283 e. The molecule has 3 amide bonds. The highest BCUT2D eigenvalue weighted by Gasteiger charge is 2.39. The first-order valence-corrected chi connectivity index (χ1v) is 10.9. The van der Waals surface area contributed by atoms with Crippen molar-refractivity contribution in [1.29, 1.82) is 0 Å². The molecule has 0 saturated carbocycles. The maximum absolute atomic E-state index is 12.9. The van der Waals surface area contributed by atoms with E-state index in [0.717, 1.165) is 22.6 Å². The lowest BCUT2D eigenvalue weighted by Gasteiger charge is -2.15. The van der Waals surface area contributed by atoms with E-state index in [4.69, 9.17) is 23.2 Å². The number of amides is 3. The van der Waals surface area contributed by atoms with E-state index in [1.54, 1.807) is 42.5 Å². The molecule has 1 heterocycles. The standard InChI is InChI=1S/C25H19Cl2N3O3/c1-2-15-6-3-4-9-20(15)29-23(31)16-10-12-18(13-11-16)28-22-21(27)24(32)30(25(22)33)19-8-5-7-17(26)14-19/h3-14,28H,2H2,1H3,(H,29,31). The summed E-state index contributed by atoms with van der Waals surface area (Å²) in [7, 11) is 0. The number of nitrogens with one attached hydrogen (secondary N) is 2. The van der Waals surface area contributed by atoms with Gasteiger partial charge in [0.05, 0.1) is 5.69 Å². The largest absolute Gasteiger partial charge is 0.350 e. The molecule has 0 spiro atoms. The number of rotatable bonds is 6. The topological polar surface area (TPSA) is 78.5 Å². The van der Waals surface area contributed by atoms with Gasteiger partial charge in [-0.3, -0.25) is 14.4 Å². The first kappa shape index (κ1) is 22.6. The van der Waals surface area contributed by atoms with Crippen LogP contribution in [0.5, 0.6) is 0 Å². The Hall–Kier alpha value is -3.61. The number of anilines is 3. The van der Waals surface area contributed by atoms with E-state index < -0.39 is 11.8 Å². The van der Waals surface area contributed by atoms with Crippen LogP contribution in [-0.4, -0.2) is 17.7 Å². The summed E-state index contributed by atoms with van der Waals surface area (Å²) in [5.41, 5.74) is 3.03. The lowest BCUT2D eigenvalue weighted by atomic mass is 10.1. The number of para-hydroxylation sites is 1. The first-order chi connectivity index (χ1) is 15.9. The van der Waals surface area contributed by atoms with Crippen molar-refractivity contribution in [3.05, 3.63) is 99.7 Å². The lowest BCUT2D eigenvalue weighted by molar-refractivity contribution is -0.120. The summed E-state index contributed by atoms with van der Waals surface area (Å²) in [5, 5.41) is 5.97. The molecule has 1 aliphatic heterocycles. The van der Waals surface area contributed by atoms with E-state index in [-0.39, 0.29) is 16.6 Å². The van der Waals surface area contributed by atoms with Gasteiger partial charge in [0.2, 0.25) is 0 Å². The summed E-state index contributed by atoms with van der Waals surface area (Å²) in [6, 6.07) is 20.5. The van der Waals surface area contributed by atoms with Gasteiger partial charge in [0, 0.05) is 22.0 Å². The molecule has 2 N–H and O–H groups in total. The Balaban J connectivity index is 1.49. The fourth-order valence-corrected chi connectivity index (χ4v) is 3.85. The minimum absolute atomic E-state index is 0.0456. The summed E-state index contributed by atoms with van der Waals surface area (Å²) >= 11 is 12.2. The number of hydrogen-bond donors (Lipinski definition) is 2. The summed E-state index contributed by atoms with van der Waals surface area (Å²) in [4.78, 5) is 39.0. The van der Waals surface area contributed by atoms with Crippen molar-refractivity contribution in [3.63, 3.8) is 0 Å². The number of aryl methyl sites for hydroxylation is 1. The van der Waals surface area contributed by atoms with Crippen LogP contribution in [-0.2, 0) is 16.0 Å².